The third kappa shape index (κ3) is 3.46. The molecule has 4 aliphatic rings. The highest BCUT2D eigenvalue weighted by Gasteiger charge is 2.41. The smallest absolute Gasteiger partial charge is 0.350 e. The minimum atomic E-state index is -1.21. The summed E-state index contributed by atoms with van der Waals surface area (Å²) < 4.78 is 13.1. The summed E-state index contributed by atoms with van der Waals surface area (Å²) in [6.45, 7) is 4.74. The van der Waals surface area contributed by atoms with Gasteiger partial charge in [0, 0.05) is 49.7 Å². The van der Waals surface area contributed by atoms with Crippen LogP contribution in [0.2, 0.25) is 0 Å². The van der Waals surface area contributed by atoms with Crippen LogP contribution in [0.5, 0.6) is 0 Å². The topological polar surface area (TPSA) is 60.8 Å². The third-order valence-electron chi connectivity index (χ3n) is 7.93. The fourth-order valence-electron chi connectivity index (χ4n) is 6.43. The molecule has 1 saturated heterocycles. The van der Waals surface area contributed by atoms with E-state index >= 15 is 0 Å². The Balaban J connectivity index is 1.37. The van der Waals surface area contributed by atoms with Crippen LogP contribution in [0, 0.1) is 0 Å². The van der Waals surface area contributed by atoms with E-state index in [9.17, 15) is 9.59 Å². The molecule has 0 bridgehead atoms. The van der Waals surface area contributed by atoms with Crippen molar-refractivity contribution in [3.63, 3.8) is 0 Å². The molecule has 1 unspecified atom stereocenters. The molecule has 1 saturated carbocycles. The number of rotatable bonds is 2. The van der Waals surface area contributed by atoms with Crippen molar-refractivity contribution in [2.75, 3.05) is 6.54 Å². The number of esters is 2. The van der Waals surface area contributed by atoms with Gasteiger partial charge in [0.05, 0.1) is 6.04 Å². The summed E-state index contributed by atoms with van der Waals surface area (Å²) in [7, 11) is 0. The molecule has 2 fully saturated rings. The first kappa shape index (κ1) is 20.8. The maximum atomic E-state index is 12.5. The molecule has 2 aromatic rings. The van der Waals surface area contributed by atoms with E-state index in [1.54, 1.807) is 20.0 Å². The third-order valence-corrected chi connectivity index (χ3v) is 7.93. The standard InChI is InChI=1S/C27H32N2O4/c1-27(2)32-25(30)21(26(31)33-27)16-28-13-14-29-22-12-11-18(17-7-4-3-5-8-17)15-20(22)19-9-6-10-23(28)24(19)29/h11-12,15-17,23H,3-10,13-14H2,1-2H3. The largest absolute Gasteiger partial charge is 0.419 e. The zero-order chi connectivity index (χ0) is 22.7. The maximum absolute atomic E-state index is 12.5. The quantitative estimate of drug-likeness (QED) is 0.363. The highest BCUT2D eigenvalue weighted by Crippen LogP contribution is 2.44. The van der Waals surface area contributed by atoms with Crippen LogP contribution in [-0.2, 0) is 32.0 Å². The molecule has 1 aromatic carbocycles. The predicted molar refractivity (Wildman–Crippen MR) is 124 cm³/mol. The molecule has 2 aliphatic heterocycles. The zero-order valence-electron chi connectivity index (χ0n) is 19.6. The maximum Gasteiger partial charge on any atom is 0.350 e. The average Bonchev–Trinajstić information content (AvgIpc) is 3.12. The molecular weight excluding hydrogens is 416 g/mol. The first-order chi connectivity index (χ1) is 15.9. The lowest BCUT2D eigenvalue weighted by molar-refractivity contribution is -0.222. The van der Waals surface area contributed by atoms with Gasteiger partial charge in [0.2, 0.25) is 0 Å². The van der Waals surface area contributed by atoms with Gasteiger partial charge in [-0.1, -0.05) is 25.3 Å². The summed E-state index contributed by atoms with van der Waals surface area (Å²) in [5.74, 6) is -1.72. The van der Waals surface area contributed by atoms with Crippen molar-refractivity contribution in [3.8, 4) is 0 Å². The highest BCUT2D eigenvalue weighted by molar-refractivity contribution is 6.15. The van der Waals surface area contributed by atoms with Crippen LogP contribution in [0.25, 0.3) is 10.9 Å². The number of ether oxygens (including phenoxy) is 2. The van der Waals surface area contributed by atoms with Crippen LogP contribution < -0.4 is 0 Å². The lowest BCUT2D eigenvalue weighted by Crippen LogP contribution is -2.43. The van der Waals surface area contributed by atoms with Gasteiger partial charge in [0.15, 0.2) is 5.57 Å². The molecule has 33 heavy (non-hydrogen) atoms. The van der Waals surface area contributed by atoms with E-state index in [2.05, 4.69) is 27.7 Å². The lowest BCUT2D eigenvalue weighted by Gasteiger charge is -2.40. The van der Waals surface area contributed by atoms with Crippen molar-refractivity contribution in [3.05, 3.63) is 46.8 Å². The van der Waals surface area contributed by atoms with E-state index in [1.165, 1.54) is 59.8 Å². The van der Waals surface area contributed by atoms with Gasteiger partial charge < -0.3 is 18.9 Å². The van der Waals surface area contributed by atoms with Crippen LogP contribution in [-0.4, -0.2) is 33.7 Å². The number of carbonyl (C=O) groups excluding carboxylic acids is 2. The number of nitrogens with zero attached hydrogens (tertiary/aromatic N) is 2. The van der Waals surface area contributed by atoms with Gasteiger partial charge in [-0.3, -0.25) is 0 Å². The Bertz CT molecular complexity index is 1150. The average molecular weight is 449 g/mol. The monoisotopic (exact) mass is 448 g/mol. The van der Waals surface area contributed by atoms with E-state index in [0.717, 1.165) is 32.4 Å². The van der Waals surface area contributed by atoms with Crippen molar-refractivity contribution in [2.24, 2.45) is 0 Å². The Labute approximate surface area is 194 Å². The molecular formula is C27H32N2O4. The number of aromatic nitrogens is 1. The lowest BCUT2D eigenvalue weighted by atomic mass is 9.83. The van der Waals surface area contributed by atoms with Gasteiger partial charge in [0.1, 0.15) is 0 Å². The molecule has 0 amide bonds. The van der Waals surface area contributed by atoms with E-state index in [-0.39, 0.29) is 11.6 Å². The minimum absolute atomic E-state index is 0.00871. The minimum Gasteiger partial charge on any atom is -0.419 e. The molecule has 6 rings (SSSR count). The zero-order valence-corrected chi connectivity index (χ0v) is 19.6. The molecule has 174 valence electrons. The van der Waals surface area contributed by atoms with Gasteiger partial charge in [-0.15, -0.1) is 0 Å². The normalized spacial score (nSPS) is 25.0. The summed E-state index contributed by atoms with van der Waals surface area (Å²) in [6, 6.07) is 7.32. The second-order valence-corrected chi connectivity index (χ2v) is 10.5. The summed E-state index contributed by atoms with van der Waals surface area (Å²) in [5.41, 5.74) is 5.63. The van der Waals surface area contributed by atoms with Crippen molar-refractivity contribution in [1.29, 1.82) is 0 Å². The van der Waals surface area contributed by atoms with Crippen LogP contribution in [0.4, 0.5) is 0 Å². The molecule has 3 heterocycles. The summed E-state index contributed by atoms with van der Waals surface area (Å²) in [5, 5.41) is 1.41. The Kier molecular flexibility index (Phi) is 4.82. The van der Waals surface area contributed by atoms with Gasteiger partial charge in [-0.25, -0.2) is 9.59 Å². The first-order valence-corrected chi connectivity index (χ1v) is 12.5. The number of aryl methyl sites for hydroxylation is 1. The van der Waals surface area contributed by atoms with Gasteiger partial charge in [0.25, 0.3) is 5.79 Å². The van der Waals surface area contributed by atoms with E-state index < -0.39 is 17.7 Å². The molecule has 6 heteroatoms. The van der Waals surface area contributed by atoms with Crippen molar-refractivity contribution in [1.82, 2.24) is 9.47 Å². The number of hydrogen-bond acceptors (Lipinski definition) is 5. The predicted octanol–water partition coefficient (Wildman–Crippen LogP) is 5.10. The van der Waals surface area contributed by atoms with E-state index in [1.807, 2.05) is 0 Å². The molecule has 0 radical (unpaired) electrons. The Hall–Kier alpha value is -2.76. The van der Waals surface area contributed by atoms with Gasteiger partial charge >= 0.3 is 11.9 Å². The number of cyclic esters (lactones) is 2. The van der Waals surface area contributed by atoms with Crippen molar-refractivity contribution < 1.29 is 19.1 Å². The SMILES string of the molecule is CC1(C)OC(=O)C(=CN2CCn3c4c(c5cc(C6CCCCC6)ccc53)CCCC42)C(=O)O1. The van der Waals surface area contributed by atoms with Crippen LogP contribution in [0.15, 0.2) is 30.0 Å². The molecule has 2 aliphatic carbocycles. The van der Waals surface area contributed by atoms with E-state index in [0.29, 0.717) is 5.92 Å². The highest BCUT2D eigenvalue weighted by atomic mass is 16.7. The van der Waals surface area contributed by atoms with Crippen LogP contribution in [0.1, 0.15) is 87.6 Å². The number of benzene rings is 1. The number of fused-ring (bicyclic) bond motifs is 3. The first-order valence-electron chi connectivity index (χ1n) is 12.5. The molecule has 0 N–H and O–H groups in total. The molecule has 0 spiro atoms. The van der Waals surface area contributed by atoms with Crippen molar-refractivity contribution >= 4 is 22.8 Å². The second-order valence-electron chi connectivity index (χ2n) is 10.5. The van der Waals surface area contributed by atoms with Gasteiger partial charge in [-0.05, 0) is 61.3 Å². The van der Waals surface area contributed by atoms with Gasteiger partial charge in [-0.2, -0.15) is 0 Å². The molecule has 1 aromatic heterocycles. The molecule has 6 nitrogen and oxygen atoms in total. The summed E-state index contributed by atoms with van der Waals surface area (Å²) in [6.07, 6.45) is 11.6. The Morgan fingerprint density at radius 3 is 2.48 bits per heavy atom. The summed E-state index contributed by atoms with van der Waals surface area (Å²) in [4.78, 5) is 27.2. The number of carbonyl (C=O) groups is 2. The fraction of sp³-hybridized carbons (Fsp3) is 0.556. The second kappa shape index (κ2) is 7.64. The number of hydrogen-bond donors (Lipinski definition) is 0. The van der Waals surface area contributed by atoms with Crippen LogP contribution in [0.3, 0.4) is 0 Å². The Morgan fingerprint density at radius 2 is 1.73 bits per heavy atom. The van der Waals surface area contributed by atoms with Crippen molar-refractivity contribution in [2.45, 2.75) is 89.5 Å². The summed E-state index contributed by atoms with van der Waals surface area (Å²) >= 11 is 0. The van der Waals surface area contributed by atoms with Crippen LogP contribution >= 0.6 is 0 Å². The van der Waals surface area contributed by atoms with E-state index in [4.69, 9.17) is 9.47 Å². The fourth-order valence-corrected chi connectivity index (χ4v) is 6.43. The Morgan fingerprint density at radius 1 is 0.970 bits per heavy atom. The molecule has 1 atom stereocenters.